The van der Waals surface area contributed by atoms with Crippen LogP contribution in [0.25, 0.3) is 16.7 Å². The zero-order chi connectivity index (χ0) is 23.5. The first-order valence-electron chi connectivity index (χ1n) is 11.3. The Morgan fingerprint density at radius 1 is 1.21 bits per heavy atom. The predicted molar refractivity (Wildman–Crippen MR) is 138 cm³/mol. The van der Waals surface area contributed by atoms with Crippen LogP contribution in [0.4, 0.5) is 10.6 Å². The largest absolute Gasteiger partial charge is 0.404 e. The number of nitrogens with one attached hydrogen (secondary N) is 2. The lowest BCUT2D eigenvalue weighted by atomic mass is 10.1. The average molecular weight is 450 g/mol. The molecule has 3 aromatic rings. The van der Waals surface area contributed by atoms with Crippen molar-refractivity contribution >= 4 is 34.8 Å². The van der Waals surface area contributed by atoms with Crippen molar-refractivity contribution in [2.24, 2.45) is 10.7 Å². The molecule has 1 atom stereocenters. The average Bonchev–Trinajstić information content (AvgIpc) is 2.82. The summed E-state index contributed by atoms with van der Waals surface area (Å²) in [5.74, 6) is 0.404. The van der Waals surface area contributed by atoms with Gasteiger partial charge in [0.2, 0.25) is 0 Å². The first-order valence-corrected chi connectivity index (χ1v) is 11.3. The summed E-state index contributed by atoms with van der Waals surface area (Å²) in [6.45, 7) is 4.76. The minimum absolute atomic E-state index is 0. The molecule has 2 amide bonds. The molecular formula is C25H35N7O. The summed E-state index contributed by atoms with van der Waals surface area (Å²) in [5, 5.41) is 5.74. The second kappa shape index (κ2) is 12.3. The number of anilines is 1. The fourth-order valence-electron chi connectivity index (χ4n) is 3.30. The number of nitrogens with zero attached hydrogens (tertiary/aromatic N) is 4. The Morgan fingerprint density at radius 2 is 2.03 bits per heavy atom. The summed E-state index contributed by atoms with van der Waals surface area (Å²) in [5.41, 5.74) is 9.33. The smallest absolute Gasteiger partial charge is 0.320 e. The second-order valence-electron chi connectivity index (χ2n) is 7.83. The van der Waals surface area contributed by atoms with Gasteiger partial charge in [0.15, 0.2) is 5.65 Å². The van der Waals surface area contributed by atoms with E-state index in [9.17, 15) is 4.79 Å². The molecule has 33 heavy (non-hydrogen) atoms. The zero-order valence-electron chi connectivity index (χ0n) is 19.2. The summed E-state index contributed by atoms with van der Waals surface area (Å²) in [7, 11) is 0. The van der Waals surface area contributed by atoms with Gasteiger partial charge in [-0.15, -0.1) is 0 Å². The van der Waals surface area contributed by atoms with Gasteiger partial charge in [0.05, 0.1) is 11.9 Å². The number of hydrogen-bond acceptors (Lipinski definition) is 6. The van der Waals surface area contributed by atoms with E-state index in [1.165, 1.54) is 11.8 Å². The molecule has 0 saturated heterocycles. The molecule has 2 aromatic heterocycles. The van der Waals surface area contributed by atoms with Crippen molar-refractivity contribution in [2.75, 3.05) is 11.9 Å². The number of carbonyl (C=O) groups is 1. The molecule has 176 valence electrons. The molecule has 0 unspecified atom stereocenters. The molecule has 8 heteroatoms. The van der Waals surface area contributed by atoms with Crippen molar-refractivity contribution in [3.05, 3.63) is 66.1 Å². The SMILES string of the molecule is CCCN=C/C(=C\N)c1cnc2ccc(NC(=O)N[C@H](C)CCCc3ccccc3)nc2n1.[HH].[HH]. The maximum atomic E-state index is 12.4. The van der Waals surface area contributed by atoms with Crippen LogP contribution >= 0.6 is 0 Å². The molecule has 0 saturated carbocycles. The van der Waals surface area contributed by atoms with Gasteiger partial charge >= 0.3 is 6.03 Å². The fourth-order valence-corrected chi connectivity index (χ4v) is 3.30. The van der Waals surface area contributed by atoms with Crippen molar-refractivity contribution < 1.29 is 7.65 Å². The molecule has 0 aliphatic carbocycles. The van der Waals surface area contributed by atoms with E-state index in [0.29, 0.717) is 34.8 Å². The van der Waals surface area contributed by atoms with Gasteiger partial charge in [-0.2, -0.15) is 0 Å². The number of fused-ring (bicyclic) bond motifs is 1. The lowest BCUT2D eigenvalue weighted by Gasteiger charge is -2.14. The quantitative estimate of drug-likeness (QED) is 0.383. The first kappa shape index (κ1) is 23.8. The van der Waals surface area contributed by atoms with Crippen molar-refractivity contribution in [3.63, 3.8) is 0 Å². The highest BCUT2D eigenvalue weighted by atomic mass is 16.2. The Balaban J connectivity index is 0.00000306. The number of carbonyl (C=O) groups excluding carboxylic acids is 1. The summed E-state index contributed by atoms with van der Waals surface area (Å²) in [4.78, 5) is 30.1. The van der Waals surface area contributed by atoms with E-state index >= 15 is 0 Å². The normalized spacial score (nSPS) is 12.7. The van der Waals surface area contributed by atoms with Gasteiger partial charge in [-0.05, 0) is 50.3 Å². The lowest BCUT2D eigenvalue weighted by Crippen LogP contribution is -2.36. The van der Waals surface area contributed by atoms with E-state index in [4.69, 9.17) is 5.73 Å². The van der Waals surface area contributed by atoms with Gasteiger partial charge < -0.3 is 11.1 Å². The molecule has 0 aliphatic heterocycles. The molecule has 0 spiro atoms. The van der Waals surface area contributed by atoms with E-state index in [0.717, 1.165) is 25.7 Å². The van der Waals surface area contributed by atoms with Crippen LogP contribution in [-0.2, 0) is 6.42 Å². The van der Waals surface area contributed by atoms with Crippen LogP contribution in [0.1, 0.15) is 47.2 Å². The third-order valence-electron chi connectivity index (χ3n) is 5.03. The van der Waals surface area contributed by atoms with E-state index in [1.54, 1.807) is 24.5 Å². The number of allylic oxidation sites excluding steroid dienone is 1. The minimum atomic E-state index is -0.299. The maximum absolute atomic E-state index is 12.4. The summed E-state index contributed by atoms with van der Waals surface area (Å²) in [6.07, 6.45) is 8.59. The van der Waals surface area contributed by atoms with Crippen molar-refractivity contribution in [1.29, 1.82) is 0 Å². The number of aromatic nitrogens is 3. The van der Waals surface area contributed by atoms with Crippen LogP contribution in [0.5, 0.6) is 0 Å². The van der Waals surface area contributed by atoms with Crippen molar-refractivity contribution in [1.82, 2.24) is 20.3 Å². The van der Waals surface area contributed by atoms with Gasteiger partial charge in [-0.3, -0.25) is 15.3 Å². The highest BCUT2D eigenvalue weighted by molar-refractivity contribution is 6.09. The van der Waals surface area contributed by atoms with E-state index in [-0.39, 0.29) is 14.9 Å². The molecule has 0 fully saturated rings. The van der Waals surface area contributed by atoms with Crippen LogP contribution in [0.2, 0.25) is 0 Å². The summed E-state index contributed by atoms with van der Waals surface area (Å²) in [6, 6.07) is 13.6. The Kier molecular flexibility index (Phi) is 8.88. The van der Waals surface area contributed by atoms with E-state index in [1.807, 2.05) is 25.1 Å². The van der Waals surface area contributed by atoms with Gasteiger partial charge in [-0.1, -0.05) is 37.3 Å². The second-order valence-corrected chi connectivity index (χ2v) is 7.83. The minimum Gasteiger partial charge on any atom is -0.404 e. The predicted octanol–water partition coefficient (Wildman–Crippen LogP) is 4.83. The molecule has 3 rings (SSSR count). The van der Waals surface area contributed by atoms with Gasteiger partial charge in [0.1, 0.15) is 11.3 Å². The van der Waals surface area contributed by atoms with Gasteiger partial charge in [0.25, 0.3) is 0 Å². The van der Waals surface area contributed by atoms with Crippen LogP contribution in [0.3, 0.4) is 0 Å². The third-order valence-corrected chi connectivity index (χ3v) is 5.03. The molecule has 2 heterocycles. The van der Waals surface area contributed by atoms with Crippen LogP contribution in [0.15, 0.2) is 59.9 Å². The third kappa shape index (κ3) is 7.38. The Morgan fingerprint density at radius 3 is 2.79 bits per heavy atom. The topological polar surface area (TPSA) is 118 Å². The van der Waals surface area contributed by atoms with Crippen LogP contribution in [-0.4, -0.2) is 39.8 Å². The molecule has 0 bridgehead atoms. The number of amides is 2. The molecule has 8 nitrogen and oxygen atoms in total. The standard InChI is InChI=1S/C25H31N7O.2H2/c1-3-14-27-16-20(15-26)22-17-28-21-12-13-23(31-24(21)30-22)32-25(33)29-18(2)8-7-11-19-9-5-4-6-10-19;;/h4-6,9-10,12-13,15-18H,3,7-8,11,14,26H2,1-2H3,(H2,29,30,31,32,33);2*1H/b20-15+,27-16?;;/t18-;;/m1../s1. The zero-order valence-corrected chi connectivity index (χ0v) is 19.2. The van der Waals surface area contributed by atoms with Crippen LogP contribution in [0, 0.1) is 0 Å². The monoisotopic (exact) mass is 449 g/mol. The highest BCUT2D eigenvalue weighted by Crippen LogP contribution is 2.15. The number of benzene rings is 1. The lowest BCUT2D eigenvalue weighted by molar-refractivity contribution is 0.248. The maximum Gasteiger partial charge on any atom is 0.320 e. The number of pyridine rings is 1. The van der Waals surface area contributed by atoms with Crippen molar-refractivity contribution in [3.8, 4) is 0 Å². The van der Waals surface area contributed by atoms with Gasteiger partial charge in [-0.25, -0.2) is 14.8 Å². The van der Waals surface area contributed by atoms with Crippen LogP contribution < -0.4 is 16.4 Å². The molecule has 0 aliphatic rings. The Bertz CT molecular complexity index is 1120. The fraction of sp³-hybridized carbons (Fsp3) is 0.320. The molecular weight excluding hydrogens is 414 g/mol. The molecule has 1 aromatic carbocycles. The number of aryl methyl sites for hydroxylation is 1. The summed E-state index contributed by atoms with van der Waals surface area (Å²) >= 11 is 0. The van der Waals surface area contributed by atoms with Gasteiger partial charge in [0, 0.05) is 33.4 Å². The number of urea groups is 1. The number of aliphatic imine (C=N–C) groups is 1. The van der Waals surface area contributed by atoms with E-state index in [2.05, 4.69) is 49.6 Å². The highest BCUT2D eigenvalue weighted by Gasteiger charge is 2.10. The van der Waals surface area contributed by atoms with Crippen molar-refractivity contribution in [2.45, 2.75) is 45.6 Å². The Hall–Kier alpha value is -3.81. The Labute approximate surface area is 197 Å². The molecule has 4 N–H and O–H groups in total. The molecule has 0 radical (unpaired) electrons. The number of hydrogen-bond donors (Lipinski definition) is 3. The summed E-state index contributed by atoms with van der Waals surface area (Å²) < 4.78 is 0. The number of rotatable bonds is 10. The number of nitrogens with two attached hydrogens (primary N) is 1. The first-order chi connectivity index (χ1) is 16.1. The van der Waals surface area contributed by atoms with E-state index < -0.39 is 0 Å².